The monoisotopic (exact) mass is 250 g/mol. The predicted molar refractivity (Wildman–Crippen MR) is 78.0 cm³/mol. The predicted octanol–water partition coefficient (Wildman–Crippen LogP) is 2.39. The van der Waals surface area contributed by atoms with Gasteiger partial charge in [0.05, 0.1) is 6.61 Å². The van der Waals surface area contributed by atoms with E-state index in [1.807, 2.05) is 0 Å². The zero-order valence-electron chi connectivity index (χ0n) is 11.8. The molecule has 3 nitrogen and oxygen atoms in total. The van der Waals surface area contributed by atoms with Crippen molar-refractivity contribution in [3.05, 3.63) is 29.8 Å². The van der Waals surface area contributed by atoms with Gasteiger partial charge in [0, 0.05) is 31.4 Å². The third-order valence-corrected chi connectivity index (χ3v) is 2.90. The van der Waals surface area contributed by atoms with E-state index in [1.54, 1.807) is 0 Å². The number of hydrogen-bond acceptors (Lipinski definition) is 3. The van der Waals surface area contributed by atoms with Crippen LogP contribution >= 0.6 is 0 Å². The molecule has 0 aliphatic carbocycles. The number of anilines is 1. The Labute approximate surface area is 111 Å². The van der Waals surface area contributed by atoms with Gasteiger partial charge in [-0.1, -0.05) is 39.0 Å². The van der Waals surface area contributed by atoms with E-state index in [2.05, 4.69) is 55.3 Å². The lowest BCUT2D eigenvalue weighted by atomic mass is 10.1. The maximum atomic E-state index is 9.18. The van der Waals surface area contributed by atoms with Crippen molar-refractivity contribution < 1.29 is 5.11 Å². The normalized spacial score (nSPS) is 10.9. The van der Waals surface area contributed by atoms with Crippen molar-refractivity contribution >= 4 is 5.69 Å². The van der Waals surface area contributed by atoms with E-state index in [-0.39, 0.29) is 6.61 Å². The first-order valence-electron chi connectivity index (χ1n) is 6.86. The minimum Gasteiger partial charge on any atom is -0.395 e. The van der Waals surface area contributed by atoms with Crippen LogP contribution in [0.5, 0.6) is 0 Å². The molecule has 1 aromatic rings. The van der Waals surface area contributed by atoms with Gasteiger partial charge in [-0.25, -0.2) is 0 Å². The van der Waals surface area contributed by atoms with E-state index in [9.17, 15) is 5.11 Å². The van der Waals surface area contributed by atoms with Crippen LogP contribution in [0.3, 0.4) is 0 Å². The summed E-state index contributed by atoms with van der Waals surface area (Å²) in [6.07, 6.45) is 1.09. The van der Waals surface area contributed by atoms with E-state index in [1.165, 1.54) is 11.3 Å². The van der Waals surface area contributed by atoms with Crippen molar-refractivity contribution in [1.29, 1.82) is 0 Å². The Balaban J connectivity index is 2.83. The van der Waals surface area contributed by atoms with Crippen molar-refractivity contribution in [2.24, 2.45) is 0 Å². The number of hydrogen-bond donors (Lipinski definition) is 2. The first kappa shape index (κ1) is 15.0. The van der Waals surface area contributed by atoms with Crippen molar-refractivity contribution in [2.45, 2.75) is 39.8 Å². The molecular formula is C15H26N2O. The fourth-order valence-corrected chi connectivity index (χ4v) is 2.03. The first-order chi connectivity index (χ1) is 8.69. The number of rotatable bonds is 8. The SMILES string of the molecule is CCCN(CCO)c1ccccc1CNC(C)C. The molecule has 0 atom stereocenters. The van der Waals surface area contributed by atoms with Crippen LogP contribution in [0.1, 0.15) is 32.8 Å². The minimum atomic E-state index is 0.200. The Morgan fingerprint density at radius 3 is 2.56 bits per heavy atom. The summed E-state index contributed by atoms with van der Waals surface area (Å²) in [5.74, 6) is 0. The van der Waals surface area contributed by atoms with Gasteiger partial charge < -0.3 is 15.3 Å². The Bertz CT molecular complexity index is 333. The van der Waals surface area contributed by atoms with Crippen molar-refractivity contribution in [1.82, 2.24) is 5.32 Å². The summed E-state index contributed by atoms with van der Waals surface area (Å²) < 4.78 is 0. The summed E-state index contributed by atoms with van der Waals surface area (Å²) in [6.45, 7) is 9.23. The van der Waals surface area contributed by atoms with Crippen molar-refractivity contribution in [3.8, 4) is 0 Å². The molecule has 0 spiro atoms. The van der Waals surface area contributed by atoms with E-state index < -0.39 is 0 Å². The third-order valence-electron chi connectivity index (χ3n) is 2.90. The number of nitrogens with one attached hydrogen (secondary N) is 1. The quantitative estimate of drug-likeness (QED) is 0.743. The average Bonchev–Trinajstić information content (AvgIpc) is 2.36. The second kappa shape index (κ2) is 8.11. The lowest BCUT2D eigenvalue weighted by Gasteiger charge is -2.26. The Morgan fingerprint density at radius 2 is 1.94 bits per heavy atom. The first-order valence-corrected chi connectivity index (χ1v) is 6.86. The zero-order chi connectivity index (χ0) is 13.4. The maximum absolute atomic E-state index is 9.18. The maximum Gasteiger partial charge on any atom is 0.0606 e. The van der Waals surface area contributed by atoms with E-state index in [0.29, 0.717) is 12.6 Å². The van der Waals surface area contributed by atoms with Crippen molar-refractivity contribution in [2.75, 3.05) is 24.6 Å². The summed E-state index contributed by atoms with van der Waals surface area (Å²) in [7, 11) is 0. The van der Waals surface area contributed by atoms with Gasteiger partial charge in [-0.3, -0.25) is 0 Å². The Kier molecular flexibility index (Phi) is 6.76. The van der Waals surface area contributed by atoms with Gasteiger partial charge in [0.15, 0.2) is 0 Å². The molecule has 0 fully saturated rings. The van der Waals surface area contributed by atoms with Gasteiger partial charge in [0.1, 0.15) is 0 Å². The largest absolute Gasteiger partial charge is 0.395 e. The molecule has 0 saturated heterocycles. The van der Waals surface area contributed by atoms with Gasteiger partial charge in [-0.05, 0) is 18.1 Å². The summed E-state index contributed by atoms with van der Waals surface area (Å²) in [5, 5.41) is 12.6. The van der Waals surface area contributed by atoms with Crippen LogP contribution in [0.4, 0.5) is 5.69 Å². The lowest BCUT2D eigenvalue weighted by Crippen LogP contribution is -2.30. The van der Waals surface area contributed by atoms with Gasteiger partial charge in [0.25, 0.3) is 0 Å². The smallest absolute Gasteiger partial charge is 0.0606 e. The Hall–Kier alpha value is -1.06. The van der Waals surface area contributed by atoms with Crippen LogP contribution in [-0.4, -0.2) is 30.8 Å². The summed E-state index contributed by atoms with van der Waals surface area (Å²) >= 11 is 0. The van der Waals surface area contributed by atoms with Crippen LogP contribution in [0.25, 0.3) is 0 Å². The number of aliphatic hydroxyl groups excluding tert-OH is 1. The molecule has 1 aromatic carbocycles. The molecule has 0 bridgehead atoms. The molecule has 2 N–H and O–H groups in total. The number of nitrogens with zero attached hydrogens (tertiary/aromatic N) is 1. The van der Waals surface area contributed by atoms with Crippen LogP contribution in [0, 0.1) is 0 Å². The van der Waals surface area contributed by atoms with Crippen LogP contribution in [0.15, 0.2) is 24.3 Å². The topological polar surface area (TPSA) is 35.5 Å². The molecule has 1 rings (SSSR count). The van der Waals surface area contributed by atoms with Crippen LogP contribution < -0.4 is 10.2 Å². The average molecular weight is 250 g/mol. The summed E-state index contributed by atoms with van der Waals surface area (Å²) in [4.78, 5) is 2.26. The van der Waals surface area contributed by atoms with E-state index >= 15 is 0 Å². The molecule has 0 aromatic heterocycles. The molecule has 0 amide bonds. The zero-order valence-corrected chi connectivity index (χ0v) is 11.8. The van der Waals surface area contributed by atoms with Gasteiger partial charge >= 0.3 is 0 Å². The van der Waals surface area contributed by atoms with Crippen LogP contribution in [0.2, 0.25) is 0 Å². The second-order valence-electron chi connectivity index (χ2n) is 4.87. The highest BCUT2D eigenvalue weighted by molar-refractivity contribution is 5.53. The highest BCUT2D eigenvalue weighted by atomic mass is 16.3. The van der Waals surface area contributed by atoms with Gasteiger partial charge in [-0.2, -0.15) is 0 Å². The lowest BCUT2D eigenvalue weighted by molar-refractivity contribution is 0.301. The molecule has 0 saturated carbocycles. The summed E-state index contributed by atoms with van der Waals surface area (Å²) in [6, 6.07) is 8.92. The molecule has 3 heteroatoms. The summed E-state index contributed by atoms with van der Waals surface area (Å²) in [5.41, 5.74) is 2.54. The van der Waals surface area contributed by atoms with Crippen LogP contribution in [-0.2, 0) is 6.54 Å². The third kappa shape index (κ3) is 4.67. The minimum absolute atomic E-state index is 0.200. The molecule has 0 heterocycles. The van der Waals surface area contributed by atoms with E-state index in [0.717, 1.165) is 19.5 Å². The number of para-hydroxylation sites is 1. The highest BCUT2D eigenvalue weighted by Gasteiger charge is 2.09. The van der Waals surface area contributed by atoms with E-state index in [4.69, 9.17) is 0 Å². The standard InChI is InChI=1S/C15H26N2O/c1-4-9-17(10-11-18)15-8-6-5-7-14(15)12-16-13(2)3/h5-8,13,16,18H,4,9-12H2,1-3H3. The molecule has 0 aliphatic heterocycles. The van der Waals surface area contributed by atoms with Gasteiger partial charge in [0.2, 0.25) is 0 Å². The molecular weight excluding hydrogens is 224 g/mol. The highest BCUT2D eigenvalue weighted by Crippen LogP contribution is 2.20. The van der Waals surface area contributed by atoms with Crippen molar-refractivity contribution in [3.63, 3.8) is 0 Å². The molecule has 0 unspecified atom stereocenters. The molecule has 18 heavy (non-hydrogen) atoms. The number of aliphatic hydroxyl groups is 1. The molecule has 0 aliphatic rings. The number of benzene rings is 1. The molecule has 102 valence electrons. The Morgan fingerprint density at radius 1 is 1.22 bits per heavy atom. The van der Waals surface area contributed by atoms with Gasteiger partial charge in [-0.15, -0.1) is 0 Å². The second-order valence-corrected chi connectivity index (χ2v) is 4.87. The molecule has 0 radical (unpaired) electrons. The fourth-order valence-electron chi connectivity index (χ4n) is 2.03. The fraction of sp³-hybridized carbons (Fsp3) is 0.600.